The summed E-state index contributed by atoms with van der Waals surface area (Å²) in [7, 11) is 0. The first-order chi connectivity index (χ1) is 10.3. The van der Waals surface area contributed by atoms with Crippen molar-refractivity contribution in [2.45, 2.75) is 13.3 Å². The minimum absolute atomic E-state index is 0.900. The van der Waals surface area contributed by atoms with Crippen LogP contribution in [0.4, 0.5) is 0 Å². The molecule has 0 N–H and O–H groups in total. The Hall–Kier alpha value is -2.54. The number of rotatable bonds is 2. The molecule has 0 aliphatic carbocycles. The summed E-state index contributed by atoms with van der Waals surface area (Å²) in [5.74, 6) is 0. The Balaban J connectivity index is 2.29. The van der Waals surface area contributed by atoms with Gasteiger partial charge in [-0.25, -0.2) is 0 Å². The molecule has 0 spiro atoms. The van der Waals surface area contributed by atoms with Gasteiger partial charge in [-0.3, -0.25) is 0 Å². The number of allylic oxidation sites excluding steroid dienone is 1. The molecule has 4 aromatic rings. The van der Waals surface area contributed by atoms with Crippen molar-refractivity contribution in [1.29, 1.82) is 0 Å². The van der Waals surface area contributed by atoms with Gasteiger partial charge in [0, 0.05) is 16.5 Å². The van der Waals surface area contributed by atoms with Crippen molar-refractivity contribution in [3.63, 3.8) is 0 Å². The normalized spacial score (nSPS) is 11.5. The monoisotopic (exact) mass is 271 g/mol. The van der Waals surface area contributed by atoms with Crippen LogP contribution in [0.1, 0.15) is 11.3 Å². The number of hydrogen-bond acceptors (Lipinski definition) is 0. The molecular weight excluding hydrogens is 254 g/mol. The van der Waals surface area contributed by atoms with Crippen molar-refractivity contribution in [3.05, 3.63) is 78.5 Å². The molecule has 0 atom stereocenters. The average Bonchev–Trinajstić information content (AvgIpc) is 2.87. The van der Waals surface area contributed by atoms with E-state index in [2.05, 4.69) is 72.5 Å². The van der Waals surface area contributed by atoms with E-state index in [1.807, 2.05) is 6.08 Å². The number of fused-ring (bicyclic) bond motifs is 5. The second-order valence-corrected chi connectivity index (χ2v) is 5.58. The molecule has 2 heterocycles. The zero-order valence-electron chi connectivity index (χ0n) is 12.1. The molecule has 2 aromatic heterocycles. The Bertz CT molecular complexity index is 989. The van der Waals surface area contributed by atoms with Gasteiger partial charge >= 0.3 is 0 Å². The second kappa shape index (κ2) is 4.49. The molecule has 0 bridgehead atoms. The average molecular weight is 271 g/mol. The third-order valence-corrected chi connectivity index (χ3v) is 4.23. The zero-order chi connectivity index (χ0) is 14.4. The fraction of sp³-hybridized carbons (Fsp3) is 0.100. The number of nitrogens with zero attached hydrogens (tertiary/aromatic N) is 1. The van der Waals surface area contributed by atoms with Gasteiger partial charge in [-0.1, -0.05) is 42.5 Å². The van der Waals surface area contributed by atoms with E-state index in [1.54, 1.807) is 0 Å². The maximum atomic E-state index is 3.90. The molecule has 0 aliphatic rings. The molecular formula is C20H17N. The molecule has 0 amide bonds. The molecule has 1 nitrogen and oxygen atoms in total. The first-order valence-corrected chi connectivity index (χ1v) is 7.32. The van der Waals surface area contributed by atoms with Gasteiger partial charge in [0.25, 0.3) is 0 Å². The Labute approximate surface area is 124 Å². The predicted octanol–water partition coefficient (Wildman–Crippen LogP) is 5.28. The molecule has 0 saturated carbocycles. The van der Waals surface area contributed by atoms with Crippen LogP contribution in [0.15, 0.2) is 67.3 Å². The minimum Gasteiger partial charge on any atom is -0.313 e. The lowest BCUT2D eigenvalue weighted by Gasteiger charge is -2.10. The van der Waals surface area contributed by atoms with E-state index in [-0.39, 0.29) is 0 Å². The third-order valence-electron chi connectivity index (χ3n) is 4.23. The quantitative estimate of drug-likeness (QED) is 0.437. The lowest BCUT2D eigenvalue weighted by atomic mass is 10.0. The third kappa shape index (κ3) is 1.71. The number of aryl methyl sites for hydroxylation is 1. The van der Waals surface area contributed by atoms with Gasteiger partial charge < -0.3 is 4.40 Å². The number of para-hydroxylation sites is 1. The second-order valence-electron chi connectivity index (χ2n) is 5.58. The zero-order valence-corrected chi connectivity index (χ0v) is 12.1. The number of pyridine rings is 1. The van der Waals surface area contributed by atoms with Crippen LogP contribution in [0, 0.1) is 6.92 Å². The van der Waals surface area contributed by atoms with Gasteiger partial charge in [-0.15, -0.1) is 6.58 Å². The summed E-state index contributed by atoms with van der Waals surface area (Å²) in [5, 5.41) is 3.95. The summed E-state index contributed by atoms with van der Waals surface area (Å²) < 4.78 is 2.37. The first kappa shape index (κ1) is 12.2. The lowest BCUT2D eigenvalue weighted by molar-refractivity contribution is 1.15. The summed E-state index contributed by atoms with van der Waals surface area (Å²) in [4.78, 5) is 0. The Morgan fingerprint density at radius 2 is 1.76 bits per heavy atom. The summed E-state index contributed by atoms with van der Waals surface area (Å²) in [6, 6.07) is 19.7. The van der Waals surface area contributed by atoms with Gasteiger partial charge in [0.05, 0.1) is 11.0 Å². The first-order valence-electron chi connectivity index (χ1n) is 7.32. The highest BCUT2D eigenvalue weighted by Crippen LogP contribution is 2.31. The largest absolute Gasteiger partial charge is 0.313 e. The highest BCUT2D eigenvalue weighted by Gasteiger charge is 2.10. The fourth-order valence-corrected chi connectivity index (χ4v) is 3.39. The van der Waals surface area contributed by atoms with Crippen LogP contribution in [0.2, 0.25) is 0 Å². The number of hydrogen-bond donors (Lipinski definition) is 0. The van der Waals surface area contributed by atoms with E-state index in [1.165, 1.54) is 38.4 Å². The highest BCUT2D eigenvalue weighted by atomic mass is 14.9. The van der Waals surface area contributed by atoms with E-state index in [4.69, 9.17) is 0 Å². The van der Waals surface area contributed by atoms with Crippen LogP contribution in [0.3, 0.4) is 0 Å². The van der Waals surface area contributed by atoms with Gasteiger partial charge in [0.15, 0.2) is 0 Å². The molecule has 0 aliphatic heterocycles. The summed E-state index contributed by atoms with van der Waals surface area (Å²) in [5.41, 5.74) is 5.19. The van der Waals surface area contributed by atoms with Crippen LogP contribution in [-0.4, -0.2) is 4.40 Å². The Morgan fingerprint density at radius 1 is 0.952 bits per heavy atom. The molecule has 4 rings (SSSR count). The maximum absolute atomic E-state index is 3.90. The van der Waals surface area contributed by atoms with Gasteiger partial charge in [0.1, 0.15) is 0 Å². The molecule has 21 heavy (non-hydrogen) atoms. The summed E-state index contributed by atoms with van der Waals surface area (Å²) in [6.07, 6.45) is 2.88. The summed E-state index contributed by atoms with van der Waals surface area (Å²) in [6.45, 7) is 6.08. The molecule has 0 fully saturated rings. The van der Waals surface area contributed by atoms with Crippen LogP contribution in [0.25, 0.3) is 27.2 Å². The van der Waals surface area contributed by atoms with E-state index in [0.29, 0.717) is 0 Å². The number of aromatic nitrogens is 1. The van der Waals surface area contributed by atoms with Crippen molar-refractivity contribution in [3.8, 4) is 0 Å². The van der Waals surface area contributed by atoms with Gasteiger partial charge in [0.2, 0.25) is 0 Å². The fourth-order valence-electron chi connectivity index (χ4n) is 3.39. The molecule has 0 radical (unpaired) electrons. The van der Waals surface area contributed by atoms with Gasteiger partial charge in [-0.05, 0) is 42.5 Å². The maximum Gasteiger partial charge on any atom is 0.0546 e. The van der Waals surface area contributed by atoms with Crippen LogP contribution in [0.5, 0.6) is 0 Å². The molecule has 0 saturated heterocycles. The summed E-state index contributed by atoms with van der Waals surface area (Å²) >= 11 is 0. The van der Waals surface area contributed by atoms with Crippen LogP contribution in [-0.2, 0) is 6.42 Å². The molecule has 102 valence electrons. The van der Waals surface area contributed by atoms with Crippen molar-refractivity contribution in [2.24, 2.45) is 0 Å². The van der Waals surface area contributed by atoms with E-state index >= 15 is 0 Å². The van der Waals surface area contributed by atoms with E-state index in [9.17, 15) is 0 Å². The SMILES string of the molecule is C=CCc1cccc2cc(C)n3c4ccccc4cc3c12. The van der Waals surface area contributed by atoms with Crippen molar-refractivity contribution in [1.82, 2.24) is 4.40 Å². The predicted molar refractivity (Wildman–Crippen MR) is 91.0 cm³/mol. The van der Waals surface area contributed by atoms with Crippen molar-refractivity contribution in [2.75, 3.05) is 0 Å². The number of benzene rings is 2. The Kier molecular flexibility index (Phi) is 2.61. The Morgan fingerprint density at radius 3 is 2.62 bits per heavy atom. The highest BCUT2D eigenvalue weighted by molar-refractivity contribution is 6.04. The molecule has 2 aromatic carbocycles. The smallest absolute Gasteiger partial charge is 0.0546 e. The minimum atomic E-state index is 0.900. The standard InChI is InChI=1S/C20H17N/c1-3-7-15-9-6-10-17-12-14(2)21-18-11-5-4-8-16(18)13-19(21)20(15)17/h3-6,8-13H,1,7H2,2H3. The van der Waals surface area contributed by atoms with Crippen molar-refractivity contribution >= 4 is 27.2 Å². The molecule has 1 heteroatoms. The van der Waals surface area contributed by atoms with Crippen LogP contribution >= 0.6 is 0 Å². The van der Waals surface area contributed by atoms with E-state index in [0.717, 1.165) is 6.42 Å². The topological polar surface area (TPSA) is 4.41 Å². The van der Waals surface area contributed by atoms with Crippen LogP contribution < -0.4 is 0 Å². The van der Waals surface area contributed by atoms with Crippen molar-refractivity contribution < 1.29 is 0 Å². The molecule has 0 unspecified atom stereocenters. The lowest BCUT2D eigenvalue weighted by Crippen LogP contribution is -1.94. The van der Waals surface area contributed by atoms with E-state index < -0.39 is 0 Å². The van der Waals surface area contributed by atoms with Gasteiger partial charge in [-0.2, -0.15) is 0 Å².